The number of rotatable bonds is 4. The van der Waals surface area contributed by atoms with Crippen LogP contribution in [0.15, 0.2) is 10.6 Å². The molecule has 2 N–H and O–H groups in total. The van der Waals surface area contributed by atoms with Gasteiger partial charge in [0.05, 0.1) is 12.2 Å². The summed E-state index contributed by atoms with van der Waals surface area (Å²) in [4.78, 5) is 14.2. The fourth-order valence-corrected chi connectivity index (χ4v) is 2.47. The first-order chi connectivity index (χ1) is 9.86. The van der Waals surface area contributed by atoms with Gasteiger partial charge in [0.25, 0.3) is 0 Å². The Kier molecular flexibility index (Phi) is 6.84. The van der Waals surface area contributed by atoms with Crippen LogP contribution in [-0.2, 0) is 10.2 Å². The van der Waals surface area contributed by atoms with Crippen molar-refractivity contribution in [2.24, 2.45) is 0 Å². The quantitative estimate of drug-likeness (QED) is 0.883. The van der Waals surface area contributed by atoms with E-state index in [9.17, 15) is 4.79 Å². The van der Waals surface area contributed by atoms with Crippen LogP contribution in [0.4, 0.5) is 5.88 Å². The molecule has 1 aliphatic heterocycles. The number of piperidine rings is 1. The number of halogens is 1. The largest absolute Gasteiger partial charge is 0.338 e. The standard InChI is InChI=1S/C15H26N4O2.ClH/c1-15(2,3)12-9-14(21-18-12)17-13(20)10-19(4)11-5-7-16-8-6-11;/h9,11,16H,5-8,10H2,1-4H3,(H,17,20);1H. The van der Waals surface area contributed by atoms with Crippen molar-refractivity contribution in [3.05, 3.63) is 11.8 Å². The van der Waals surface area contributed by atoms with Crippen LogP contribution in [0.1, 0.15) is 39.3 Å². The van der Waals surface area contributed by atoms with Crippen LogP contribution in [0.2, 0.25) is 0 Å². The molecule has 2 rings (SSSR count). The Morgan fingerprint density at radius 3 is 2.64 bits per heavy atom. The predicted octanol–water partition coefficient (Wildman–Crippen LogP) is 2.02. The number of carbonyl (C=O) groups excluding carboxylic acids is 1. The Morgan fingerprint density at radius 1 is 1.45 bits per heavy atom. The van der Waals surface area contributed by atoms with Gasteiger partial charge in [-0.05, 0) is 33.0 Å². The van der Waals surface area contributed by atoms with E-state index in [1.165, 1.54) is 0 Å². The third kappa shape index (κ3) is 5.26. The molecule has 1 aromatic rings. The third-order valence-electron chi connectivity index (χ3n) is 3.87. The molecule has 0 radical (unpaired) electrons. The van der Waals surface area contributed by atoms with E-state index in [0.717, 1.165) is 31.6 Å². The number of nitrogens with zero attached hydrogens (tertiary/aromatic N) is 2. The maximum Gasteiger partial charge on any atom is 0.240 e. The van der Waals surface area contributed by atoms with E-state index in [0.29, 0.717) is 18.5 Å². The molecule has 22 heavy (non-hydrogen) atoms. The van der Waals surface area contributed by atoms with Gasteiger partial charge in [0.1, 0.15) is 0 Å². The van der Waals surface area contributed by atoms with Crippen LogP contribution in [0.5, 0.6) is 0 Å². The van der Waals surface area contributed by atoms with Gasteiger partial charge in [-0.1, -0.05) is 25.9 Å². The van der Waals surface area contributed by atoms with Gasteiger partial charge in [0, 0.05) is 17.5 Å². The first-order valence-electron chi connectivity index (χ1n) is 7.54. The molecule has 1 amide bonds. The highest BCUT2D eigenvalue weighted by Crippen LogP contribution is 2.23. The van der Waals surface area contributed by atoms with Crippen molar-refractivity contribution in [1.82, 2.24) is 15.4 Å². The van der Waals surface area contributed by atoms with Crippen LogP contribution in [0.3, 0.4) is 0 Å². The van der Waals surface area contributed by atoms with Gasteiger partial charge in [-0.2, -0.15) is 0 Å². The number of hydrogen-bond donors (Lipinski definition) is 2. The summed E-state index contributed by atoms with van der Waals surface area (Å²) in [6.45, 7) is 8.58. The van der Waals surface area contributed by atoms with E-state index in [4.69, 9.17) is 4.52 Å². The summed E-state index contributed by atoms with van der Waals surface area (Å²) < 4.78 is 5.18. The van der Waals surface area contributed by atoms with E-state index >= 15 is 0 Å². The summed E-state index contributed by atoms with van der Waals surface area (Å²) >= 11 is 0. The molecule has 6 nitrogen and oxygen atoms in total. The second-order valence-electron chi connectivity index (χ2n) is 6.77. The molecule has 0 spiro atoms. The number of nitrogens with one attached hydrogen (secondary N) is 2. The molecule has 0 aliphatic carbocycles. The minimum absolute atomic E-state index is 0. The Labute approximate surface area is 138 Å². The average Bonchev–Trinajstić information content (AvgIpc) is 2.88. The summed E-state index contributed by atoms with van der Waals surface area (Å²) in [7, 11) is 2.00. The molecule has 1 fully saturated rings. The van der Waals surface area contributed by atoms with Crippen molar-refractivity contribution in [2.45, 2.75) is 45.1 Å². The van der Waals surface area contributed by atoms with Gasteiger partial charge in [-0.15, -0.1) is 12.4 Å². The summed E-state index contributed by atoms with van der Waals surface area (Å²) in [6.07, 6.45) is 2.17. The van der Waals surface area contributed by atoms with Crippen molar-refractivity contribution >= 4 is 24.2 Å². The van der Waals surface area contributed by atoms with Crippen LogP contribution >= 0.6 is 12.4 Å². The molecule has 0 bridgehead atoms. The molecule has 2 heterocycles. The van der Waals surface area contributed by atoms with Crippen molar-refractivity contribution < 1.29 is 9.32 Å². The van der Waals surface area contributed by atoms with Gasteiger partial charge in [-0.3, -0.25) is 15.0 Å². The molecule has 0 saturated carbocycles. The summed E-state index contributed by atoms with van der Waals surface area (Å²) in [5.41, 5.74) is 0.753. The van der Waals surface area contributed by atoms with E-state index in [-0.39, 0.29) is 23.7 Å². The molecule has 0 unspecified atom stereocenters. The number of hydrogen-bond acceptors (Lipinski definition) is 5. The summed E-state index contributed by atoms with van der Waals surface area (Å²) in [5.74, 6) is 0.358. The molecular formula is C15H27ClN4O2. The minimum atomic E-state index is -0.0850. The van der Waals surface area contributed by atoms with E-state index < -0.39 is 0 Å². The lowest BCUT2D eigenvalue weighted by molar-refractivity contribution is -0.117. The number of anilines is 1. The molecule has 1 saturated heterocycles. The Morgan fingerprint density at radius 2 is 2.09 bits per heavy atom. The maximum absolute atomic E-state index is 12.1. The van der Waals surface area contributed by atoms with E-state index in [1.807, 2.05) is 7.05 Å². The topological polar surface area (TPSA) is 70.4 Å². The van der Waals surface area contributed by atoms with Crippen molar-refractivity contribution in [3.8, 4) is 0 Å². The van der Waals surface area contributed by atoms with Crippen molar-refractivity contribution in [1.29, 1.82) is 0 Å². The highest BCUT2D eigenvalue weighted by molar-refractivity contribution is 5.91. The van der Waals surface area contributed by atoms with E-state index in [1.54, 1.807) is 6.07 Å². The smallest absolute Gasteiger partial charge is 0.240 e. The summed E-state index contributed by atoms with van der Waals surface area (Å²) in [6, 6.07) is 2.26. The number of amides is 1. The lowest BCUT2D eigenvalue weighted by Crippen LogP contribution is -2.44. The normalized spacial score (nSPS) is 16.4. The molecule has 1 aromatic heterocycles. The summed E-state index contributed by atoms with van der Waals surface area (Å²) in [5, 5.41) is 10.1. The second-order valence-corrected chi connectivity index (χ2v) is 6.77. The Hall–Kier alpha value is -1.11. The van der Waals surface area contributed by atoms with Gasteiger partial charge in [0.2, 0.25) is 11.8 Å². The maximum atomic E-state index is 12.1. The highest BCUT2D eigenvalue weighted by Gasteiger charge is 2.22. The molecule has 0 aromatic carbocycles. The molecular weight excluding hydrogens is 304 g/mol. The van der Waals surface area contributed by atoms with Gasteiger partial charge in [-0.25, -0.2) is 0 Å². The SMILES string of the molecule is CN(CC(=O)Nc1cc(C(C)(C)C)no1)C1CCNCC1.Cl. The molecule has 0 atom stereocenters. The van der Waals surface area contributed by atoms with Crippen LogP contribution < -0.4 is 10.6 Å². The monoisotopic (exact) mass is 330 g/mol. The van der Waals surface area contributed by atoms with Crippen LogP contribution in [0, 0.1) is 0 Å². The third-order valence-corrected chi connectivity index (χ3v) is 3.87. The zero-order valence-corrected chi connectivity index (χ0v) is 14.6. The number of aromatic nitrogens is 1. The van der Waals surface area contributed by atoms with Crippen LogP contribution in [-0.4, -0.2) is 48.7 Å². The van der Waals surface area contributed by atoms with E-state index in [2.05, 4.69) is 41.5 Å². The lowest BCUT2D eigenvalue weighted by Gasteiger charge is -2.30. The molecule has 1 aliphatic rings. The first-order valence-corrected chi connectivity index (χ1v) is 7.54. The average molecular weight is 331 g/mol. The molecule has 126 valence electrons. The van der Waals surface area contributed by atoms with Gasteiger partial charge >= 0.3 is 0 Å². The van der Waals surface area contributed by atoms with Crippen molar-refractivity contribution in [3.63, 3.8) is 0 Å². The fraction of sp³-hybridized carbons (Fsp3) is 0.733. The Balaban J connectivity index is 0.00000242. The lowest BCUT2D eigenvalue weighted by atomic mass is 9.92. The fourth-order valence-electron chi connectivity index (χ4n) is 2.47. The second kappa shape index (κ2) is 7.94. The Bertz CT molecular complexity index is 478. The number of carbonyl (C=O) groups is 1. The van der Waals surface area contributed by atoms with Crippen molar-refractivity contribution in [2.75, 3.05) is 32.0 Å². The minimum Gasteiger partial charge on any atom is -0.338 e. The van der Waals surface area contributed by atoms with Gasteiger partial charge < -0.3 is 9.84 Å². The number of likely N-dealkylation sites (N-methyl/N-ethyl adjacent to an activating group) is 1. The van der Waals surface area contributed by atoms with Crippen LogP contribution in [0.25, 0.3) is 0 Å². The zero-order valence-electron chi connectivity index (χ0n) is 13.8. The first kappa shape index (κ1) is 18.9. The van der Waals surface area contributed by atoms with Gasteiger partial charge in [0.15, 0.2) is 0 Å². The zero-order chi connectivity index (χ0) is 15.5. The highest BCUT2D eigenvalue weighted by atomic mass is 35.5. The molecule has 7 heteroatoms. The predicted molar refractivity (Wildman–Crippen MR) is 89.6 cm³/mol.